The number of hydrogen-bond donors (Lipinski definition) is 1. The fourth-order valence-electron chi connectivity index (χ4n) is 3.35. The predicted octanol–water partition coefficient (Wildman–Crippen LogP) is 3.09. The van der Waals surface area contributed by atoms with Crippen LogP contribution in [0.4, 0.5) is 10.1 Å². The summed E-state index contributed by atoms with van der Waals surface area (Å²) in [6, 6.07) is 10.9. The molecule has 1 N–H and O–H groups in total. The molecule has 7 nitrogen and oxygen atoms in total. The number of amides is 1. The summed E-state index contributed by atoms with van der Waals surface area (Å²) in [4.78, 5) is 25.5. The highest BCUT2D eigenvalue weighted by Gasteiger charge is 2.25. The molecule has 10 heteroatoms. The van der Waals surface area contributed by atoms with E-state index in [2.05, 4.69) is 5.32 Å². The smallest absolute Gasteiger partial charge is 0.325 e. The van der Waals surface area contributed by atoms with Gasteiger partial charge in [0.2, 0.25) is 15.7 Å². The first-order chi connectivity index (χ1) is 14.7. The second kappa shape index (κ2) is 7.78. The molecule has 2 aromatic heterocycles. The van der Waals surface area contributed by atoms with Crippen molar-refractivity contribution in [2.75, 3.05) is 5.32 Å². The van der Waals surface area contributed by atoms with E-state index in [9.17, 15) is 22.4 Å². The molecular weight excluding hydrogens is 441 g/mol. The Balaban J connectivity index is 1.88. The highest BCUT2D eigenvalue weighted by Crippen LogP contribution is 2.32. The average Bonchev–Trinajstić information content (AvgIpc) is 3.31. The lowest BCUT2D eigenvalue weighted by molar-refractivity contribution is -0.115. The van der Waals surface area contributed by atoms with E-state index >= 15 is 0 Å². The van der Waals surface area contributed by atoms with E-state index in [1.54, 1.807) is 7.05 Å². The SMILES string of the molecule is Cn1c(=O)n(C)c2cc(S(=O)(=O)c3ccc(F)cc3)c(NC(=O)Cc3cccs3)cc21. The monoisotopic (exact) mass is 459 g/mol. The second-order valence-electron chi connectivity index (χ2n) is 7.00. The number of rotatable bonds is 5. The van der Waals surface area contributed by atoms with Crippen molar-refractivity contribution in [1.82, 2.24) is 9.13 Å². The molecule has 0 bridgehead atoms. The van der Waals surface area contributed by atoms with Crippen molar-refractivity contribution in [2.24, 2.45) is 14.1 Å². The van der Waals surface area contributed by atoms with Gasteiger partial charge in [-0.2, -0.15) is 0 Å². The molecule has 2 aromatic carbocycles. The number of hydrogen-bond acceptors (Lipinski definition) is 5. The summed E-state index contributed by atoms with van der Waals surface area (Å²) in [5.41, 5.74) is 0.586. The number of carbonyl (C=O) groups is 1. The standard InChI is InChI=1S/C21H18FN3O4S2/c1-24-17-11-16(23-20(26)10-14-4-3-9-30-14)19(12-18(17)25(2)21(24)27)31(28,29)15-7-5-13(22)6-8-15/h3-9,11-12H,10H2,1-2H3,(H,23,26). The molecule has 31 heavy (non-hydrogen) atoms. The molecule has 4 rings (SSSR count). The molecule has 1 amide bonds. The lowest BCUT2D eigenvalue weighted by Gasteiger charge is -2.13. The van der Waals surface area contributed by atoms with Crippen LogP contribution in [0.15, 0.2) is 68.5 Å². The number of fused-ring (bicyclic) bond motifs is 1. The van der Waals surface area contributed by atoms with Gasteiger partial charge in [0.25, 0.3) is 0 Å². The number of benzene rings is 2. The van der Waals surface area contributed by atoms with Crippen molar-refractivity contribution in [3.8, 4) is 0 Å². The average molecular weight is 460 g/mol. The third kappa shape index (κ3) is 3.79. The summed E-state index contributed by atoms with van der Waals surface area (Å²) in [6.45, 7) is 0. The van der Waals surface area contributed by atoms with Gasteiger partial charge in [-0.05, 0) is 47.8 Å². The van der Waals surface area contributed by atoms with E-state index in [1.165, 1.54) is 39.7 Å². The fraction of sp³-hybridized carbons (Fsp3) is 0.143. The van der Waals surface area contributed by atoms with Crippen molar-refractivity contribution in [3.05, 3.63) is 75.1 Å². The number of aromatic nitrogens is 2. The van der Waals surface area contributed by atoms with Gasteiger partial charge in [0, 0.05) is 19.0 Å². The molecule has 4 aromatic rings. The minimum atomic E-state index is -4.11. The number of aryl methyl sites for hydroxylation is 2. The van der Waals surface area contributed by atoms with Crippen LogP contribution in [-0.4, -0.2) is 23.5 Å². The van der Waals surface area contributed by atoms with Gasteiger partial charge in [-0.15, -0.1) is 11.3 Å². The number of thiophene rings is 1. The highest BCUT2D eigenvalue weighted by molar-refractivity contribution is 7.91. The summed E-state index contributed by atoms with van der Waals surface area (Å²) in [7, 11) is -1.01. The van der Waals surface area contributed by atoms with Gasteiger partial charge >= 0.3 is 5.69 Å². The van der Waals surface area contributed by atoms with Gasteiger partial charge in [-0.25, -0.2) is 17.6 Å². The minimum absolute atomic E-state index is 0.0552. The lowest BCUT2D eigenvalue weighted by Crippen LogP contribution is -2.19. The molecule has 0 unspecified atom stereocenters. The van der Waals surface area contributed by atoms with Gasteiger partial charge < -0.3 is 5.32 Å². The normalized spacial score (nSPS) is 11.7. The van der Waals surface area contributed by atoms with E-state index < -0.39 is 21.6 Å². The molecule has 2 heterocycles. The summed E-state index contributed by atoms with van der Waals surface area (Å²) in [5.74, 6) is -0.956. The van der Waals surface area contributed by atoms with E-state index in [0.29, 0.717) is 11.0 Å². The van der Waals surface area contributed by atoms with Crippen LogP contribution in [0.3, 0.4) is 0 Å². The van der Waals surface area contributed by atoms with Crippen molar-refractivity contribution < 1.29 is 17.6 Å². The number of imidazole rings is 1. The van der Waals surface area contributed by atoms with Crippen LogP contribution in [0.2, 0.25) is 0 Å². The van der Waals surface area contributed by atoms with Crippen molar-refractivity contribution >= 4 is 43.8 Å². The molecule has 0 aliphatic carbocycles. The Hall–Kier alpha value is -3.24. The van der Waals surface area contributed by atoms with E-state index in [1.807, 2.05) is 17.5 Å². The highest BCUT2D eigenvalue weighted by atomic mass is 32.2. The molecule has 0 saturated carbocycles. The van der Waals surface area contributed by atoms with Gasteiger partial charge in [0.05, 0.1) is 32.9 Å². The Morgan fingerprint density at radius 1 is 1.06 bits per heavy atom. The molecule has 160 valence electrons. The van der Waals surface area contributed by atoms with Crippen molar-refractivity contribution in [3.63, 3.8) is 0 Å². The van der Waals surface area contributed by atoms with Gasteiger partial charge in [0.1, 0.15) is 5.82 Å². The Labute approximate surface area is 181 Å². The molecule has 0 atom stereocenters. The zero-order valence-electron chi connectivity index (χ0n) is 16.6. The maximum atomic E-state index is 13.3. The molecule has 0 fully saturated rings. The first-order valence-electron chi connectivity index (χ1n) is 9.21. The number of anilines is 1. The largest absolute Gasteiger partial charge is 0.328 e. The molecule has 0 aliphatic rings. The predicted molar refractivity (Wildman–Crippen MR) is 117 cm³/mol. The van der Waals surface area contributed by atoms with Crippen LogP contribution in [-0.2, 0) is 35.1 Å². The zero-order chi connectivity index (χ0) is 22.3. The van der Waals surface area contributed by atoms with Crippen LogP contribution >= 0.6 is 11.3 Å². The van der Waals surface area contributed by atoms with Gasteiger partial charge in [-0.1, -0.05) is 6.07 Å². The van der Waals surface area contributed by atoms with Gasteiger partial charge in [0.15, 0.2) is 0 Å². The van der Waals surface area contributed by atoms with Crippen LogP contribution in [0.5, 0.6) is 0 Å². The Kier molecular flexibility index (Phi) is 5.28. The first kappa shape index (κ1) is 21.0. The topological polar surface area (TPSA) is 90.2 Å². The van der Waals surface area contributed by atoms with Crippen molar-refractivity contribution in [1.29, 1.82) is 0 Å². The summed E-state index contributed by atoms with van der Waals surface area (Å²) < 4.78 is 42.7. The van der Waals surface area contributed by atoms with E-state index in [4.69, 9.17) is 0 Å². The van der Waals surface area contributed by atoms with Gasteiger partial charge in [-0.3, -0.25) is 13.9 Å². The lowest BCUT2D eigenvalue weighted by atomic mass is 10.2. The maximum absolute atomic E-state index is 13.3. The molecular formula is C21H18FN3O4S2. The number of sulfone groups is 1. The quantitative estimate of drug-likeness (QED) is 0.465. The van der Waals surface area contributed by atoms with Crippen LogP contribution in [0, 0.1) is 5.82 Å². The summed E-state index contributed by atoms with van der Waals surface area (Å²) in [5, 5.41) is 4.52. The Morgan fingerprint density at radius 3 is 2.32 bits per heavy atom. The van der Waals surface area contributed by atoms with Crippen molar-refractivity contribution in [2.45, 2.75) is 16.2 Å². The van der Waals surface area contributed by atoms with E-state index in [-0.39, 0.29) is 27.6 Å². The maximum Gasteiger partial charge on any atom is 0.328 e. The summed E-state index contributed by atoms with van der Waals surface area (Å²) >= 11 is 1.42. The zero-order valence-corrected chi connectivity index (χ0v) is 18.3. The fourth-order valence-corrected chi connectivity index (χ4v) is 5.47. The second-order valence-corrected chi connectivity index (χ2v) is 9.95. The molecule has 0 radical (unpaired) electrons. The third-order valence-corrected chi connectivity index (χ3v) is 7.66. The Bertz CT molecular complexity index is 1450. The molecule has 0 spiro atoms. The number of nitrogens with zero attached hydrogens (tertiary/aromatic N) is 2. The number of carbonyl (C=O) groups excluding carboxylic acids is 1. The van der Waals surface area contributed by atoms with Crippen LogP contribution in [0.1, 0.15) is 4.88 Å². The van der Waals surface area contributed by atoms with E-state index in [0.717, 1.165) is 29.1 Å². The molecule has 0 aliphatic heterocycles. The van der Waals surface area contributed by atoms with Crippen LogP contribution in [0.25, 0.3) is 11.0 Å². The Morgan fingerprint density at radius 2 is 1.71 bits per heavy atom. The van der Waals surface area contributed by atoms with Crippen LogP contribution < -0.4 is 11.0 Å². The minimum Gasteiger partial charge on any atom is -0.325 e. The number of halogens is 1. The molecule has 0 saturated heterocycles. The number of nitrogens with one attached hydrogen (secondary N) is 1. The first-order valence-corrected chi connectivity index (χ1v) is 11.6. The third-order valence-electron chi connectivity index (χ3n) is 4.98. The summed E-state index contributed by atoms with van der Waals surface area (Å²) in [6.07, 6.45) is 0.0828.